The number of nitrogens with one attached hydrogen (secondary N) is 3. The van der Waals surface area contributed by atoms with Crippen molar-refractivity contribution in [2.45, 2.75) is 13.5 Å². The van der Waals surface area contributed by atoms with Gasteiger partial charge in [0.05, 0.1) is 16.7 Å². The van der Waals surface area contributed by atoms with Gasteiger partial charge >= 0.3 is 5.69 Å². The molecule has 0 saturated heterocycles. The molecule has 0 fully saturated rings. The monoisotopic (exact) mass is 409 g/mol. The van der Waals surface area contributed by atoms with E-state index in [0.29, 0.717) is 6.54 Å². The maximum Gasteiger partial charge on any atom is 0.323 e. The van der Waals surface area contributed by atoms with Crippen molar-refractivity contribution < 1.29 is 0 Å². The lowest BCUT2D eigenvalue weighted by atomic mass is 10.1. The quantitative estimate of drug-likeness (QED) is 0.602. The molecule has 1 heterocycles. The van der Waals surface area contributed by atoms with Crippen LogP contribution in [0.4, 0.5) is 5.69 Å². The largest absolute Gasteiger partial charge is 0.380 e. The van der Waals surface area contributed by atoms with E-state index in [4.69, 9.17) is 0 Å². The van der Waals surface area contributed by atoms with Crippen molar-refractivity contribution in [2.24, 2.45) is 0 Å². The number of benzene rings is 2. The number of H-pyrrole nitrogens is 2. The van der Waals surface area contributed by atoms with E-state index in [-0.39, 0.29) is 5.69 Å². The molecule has 3 aromatic rings. The van der Waals surface area contributed by atoms with E-state index in [0.717, 1.165) is 25.7 Å². The average molecular weight is 411 g/mol. The number of aromatic nitrogens is 2. The predicted molar refractivity (Wildman–Crippen MR) is 92.8 cm³/mol. The van der Waals surface area contributed by atoms with Crippen LogP contribution in [0.2, 0.25) is 0 Å². The molecule has 6 heteroatoms. The molecule has 0 radical (unpaired) electrons. The van der Waals surface area contributed by atoms with E-state index < -0.39 is 0 Å². The average Bonchev–Trinajstić information content (AvgIpc) is 2.79. The molecular formula is C15H13Br2N3O. The Hall–Kier alpha value is -1.53. The molecule has 0 saturated carbocycles. The minimum Gasteiger partial charge on any atom is -0.380 e. The normalized spacial score (nSPS) is 11.0. The van der Waals surface area contributed by atoms with Crippen LogP contribution in [0.15, 0.2) is 44.1 Å². The van der Waals surface area contributed by atoms with Crippen molar-refractivity contribution in [1.82, 2.24) is 9.97 Å². The second-order valence-electron chi connectivity index (χ2n) is 4.89. The fourth-order valence-electron chi connectivity index (χ4n) is 2.21. The third kappa shape index (κ3) is 3.06. The van der Waals surface area contributed by atoms with Crippen molar-refractivity contribution in [2.75, 3.05) is 5.32 Å². The lowest BCUT2D eigenvalue weighted by Gasteiger charge is -2.10. The van der Waals surface area contributed by atoms with Gasteiger partial charge in [-0.2, -0.15) is 0 Å². The van der Waals surface area contributed by atoms with E-state index in [1.807, 2.05) is 18.2 Å². The Morgan fingerprint density at radius 1 is 1.05 bits per heavy atom. The molecule has 2 aromatic carbocycles. The van der Waals surface area contributed by atoms with Crippen LogP contribution < -0.4 is 11.0 Å². The highest BCUT2D eigenvalue weighted by molar-refractivity contribution is 9.10. The molecule has 0 spiro atoms. The van der Waals surface area contributed by atoms with Gasteiger partial charge < -0.3 is 15.3 Å². The Kier molecular flexibility index (Phi) is 3.91. The summed E-state index contributed by atoms with van der Waals surface area (Å²) in [6, 6.07) is 10.1. The molecule has 0 aliphatic rings. The first-order valence-electron chi connectivity index (χ1n) is 6.43. The van der Waals surface area contributed by atoms with Crippen molar-refractivity contribution in [1.29, 1.82) is 0 Å². The molecule has 4 nitrogen and oxygen atoms in total. The number of aryl methyl sites for hydroxylation is 1. The maximum atomic E-state index is 11.3. The zero-order chi connectivity index (χ0) is 15.0. The fourth-order valence-corrected chi connectivity index (χ4v) is 2.94. The summed E-state index contributed by atoms with van der Waals surface area (Å²) in [4.78, 5) is 16.8. The summed E-state index contributed by atoms with van der Waals surface area (Å²) >= 11 is 7.02. The number of aromatic amines is 2. The van der Waals surface area contributed by atoms with Crippen molar-refractivity contribution >= 4 is 48.6 Å². The summed E-state index contributed by atoms with van der Waals surface area (Å²) < 4.78 is 2.03. The maximum absolute atomic E-state index is 11.3. The Labute approximate surface area is 138 Å². The molecule has 3 N–H and O–H groups in total. The summed E-state index contributed by atoms with van der Waals surface area (Å²) in [6.07, 6.45) is 0. The van der Waals surface area contributed by atoms with Gasteiger partial charge in [0.15, 0.2) is 0 Å². The number of hydrogen-bond donors (Lipinski definition) is 3. The van der Waals surface area contributed by atoms with Gasteiger partial charge in [-0.1, -0.05) is 28.1 Å². The second kappa shape index (κ2) is 5.69. The summed E-state index contributed by atoms with van der Waals surface area (Å²) in [5.41, 5.74) is 4.73. The van der Waals surface area contributed by atoms with E-state index in [9.17, 15) is 4.79 Å². The van der Waals surface area contributed by atoms with Crippen LogP contribution in [0.25, 0.3) is 11.0 Å². The summed E-state index contributed by atoms with van der Waals surface area (Å²) in [6.45, 7) is 2.78. The van der Waals surface area contributed by atoms with Gasteiger partial charge in [-0.05, 0) is 52.2 Å². The SMILES string of the molecule is Cc1cc(CNc2cc3[nH]c(=O)[nH]c3cc2Br)ccc1Br. The van der Waals surface area contributed by atoms with Crippen molar-refractivity contribution in [3.63, 3.8) is 0 Å². The lowest BCUT2D eigenvalue weighted by molar-refractivity contribution is 1.14. The minimum absolute atomic E-state index is 0.197. The van der Waals surface area contributed by atoms with E-state index in [2.05, 4.69) is 66.2 Å². The standard InChI is InChI=1S/C15H13Br2N3O/c1-8-4-9(2-3-10(8)16)7-18-12-6-14-13(5-11(12)17)19-15(21)20-14/h2-6,18H,7H2,1H3,(H2,19,20,21). The highest BCUT2D eigenvalue weighted by Gasteiger charge is 2.06. The Morgan fingerprint density at radius 3 is 2.48 bits per heavy atom. The van der Waals surface area contributed by atoms with Crippen LogP contribution in [0.3, 0.4) is 0 Å². The van der Waals surface area contributed by atoms with Gasteiger partial charge in [0, 0.05) is 15.5 Å². The van der Waals surface area contributed by atoms with Crippen LogP contribution in [0, 0.1) is 6.92 Å². The van der Waals surface area contributed by atoms with Crippen molar-refractivity contribution in [3.8, 4) is 0 Å². The Morgan fingerprint density at radius 2 is 1.76 bits per heavy atom. The molecule has 1 aromatic heterocycles. The highest BCUT2D eigenvalue weighted by Crippen LogP contribution is 2.27. The first-order valence-corrected chi connectivity index (χ1v) is 8.02. The van der Waals surface area contributed by atoms with Gasteiger partial charge in [-0.3, -0.25) is 0 Å². The van der Waals surface area contributed by atoms with Crippen molar-refractivity contribution in [3.05, 3.63) is 60.9 Å². The van der Waals surface area contributed by atoms with Crippen LogP contribution >= 0.6 is 31.9 Å². The van der Waals surface area contributed by atoms with Gasteiger partial charge in [-0.25, -0.2) is 4.79 Å². The summed E-state index contributed by atoms with van der Waals surface area (Å²) in [7, 11) is 0. The molecule has 3 rings (SSSR count). The zero-order valence-electron chi connectivity index (χ0n) is 11.3. The summed E-state index contributed by atoms with van der Waals surface area (Å²) in [5, 5.41) is 3.38. The topological polar surface area (TPSA) is 60.7 Å². The smallest absolute Gasteiger partial charge is 0.323 e. The molecule has 0 atom stereocenters. The molecule has 0 aliphatic carbocycles. The molecule has 0 bridgehead atoms. The lowest BCUT2D eigenvalue weighted by Crippen LogP contribution is -2.00. The highest BCUT2D eigenvalue weighted by atomic mass is 79.9. The first kappa shape index (κ1) is 14.4. The number of rotatable bonds is 3. The van der Waals surface area contributed by atoms with E-state index in [1.54, 1.807) is 0 Å². The van der Waals surface area contributed by atoms with Crippen LogP contribution in [0.5, 0.6) is 0 Å². The number of imidazole rings is 1. The van der Waals surface area contributed by atoms with Crippen LogP contribution in [-0.2, 0) is 6.54 Å². The second-order valence-corrected chi connectivity index (χ2v) is 6.60. The van der Waals surface area contributed by atoms with Gasteiger partial charge in [0.25, 0.3) is 0 Å². The number of halogens is 2. The van der Waals surface area contributed by atoms with Gasteiger partial charge in [0.2, 0.25) is 0 Å². The van der Waals surface area contributed by atoms with E-state index >= 15 is 0 Å². The minimum atomic E-state index is -0.197. The van der Waals surface area contributed by atoms with Crippen LogP contribution in [-0.4, -0.2) is 9.97 Å². The molecular weight excluding hydrogens is 398 g/mol. The van der Waals surface area contributed by atoms with Gasteiger partial charge in [0.1, 0.15) is 0 Å². The molecule has 0 aliphatic heterocycles. The summed E-state index contributed by atoms with van der Waals surface area (Å²) in [5.74, 6) is 0. The Bertz CT molecular complexity index is 867. The fraction of sp³-hybridized carbons (Fsp3) is 0.133. The number of anilines is 1. The molecule has 21 heavy (non-hydrogen) atoms. The third-order valence-electron chi connectivity index (χ3n) is 3.31. The molecule has 108 valence electrons. The Balaban J connectivity index is 1.85. The van der Waals surface area contributed by atoms with Gasteiger partial charge in [-0.15, -0.1) is 0 Å². The molecule has 0 amide bonds. The van der Waals surface area contributed by atoms with Crippen LogP contribution in [0.1, 0.15) is 11.1 Å². The zero-order valence-corrected chi connectivity index (χ0v) is 14.4. The predicted octanol–water partition coefficient (Wildman–Crippen LogP) is 4.30. The first-order chi connectivity index (χ1) is 10.0. The third-order valence-corrected chi connectivity index (χ3v) is 4.85. The molecule has 0 unspecified atom stereocenters. The number of hydrogen-bond acceptors (Lipinski definition) is 2. The van der Waals surface area contributed by atoms with E-state index in [1.165, 1.54) is 11.1 Å². The number of fused-ring (bicyclic) bond motifs is 1.